The zero-order valence-electron chi connectivity index (χ0n) is 19.3. The fourth-order valence-electron chi connectivity index (χ4n) is 3.76. The molecule has 3 N–H and O–H groups in total. The third-order valence-electron chi connectivity index (χ3n) is 5.51. The van der Waals surface area contributed by atoms with Crippen molar-refractivity contribution in [2.75, 3.05) is 13.1 Å². The van der Waals surface area contributed by atoms with Gasteiger partial charge in [0.1, 0.15) is 5.75 Å². The van der Waals surface area contributed by atoms with Crippen molar-refractivity contribution in [3.8, 4) is 5.75 Å². The molecule has 0 spiro atoms. The molecule has 1 aliphatic carbocycles. The normalized spacial score (nSPS) is 13.8. The molecule has 4 rings (SSSR count). The number of nitrogens with zero attached hydrogens (tertiary/aromatic N) is 2. The third kappa shape index (κ3) is 5.69. The van der Waals surface area contributed by atoms with Crippen LogP contribution in [0.15, 0.2) is 34.9 Å². The van der Waals surface area contributed by atoms with E-state index >= 15 is 0 Å². The highest BCUT2D eigenvalue weighted by Gasteiger charge is 2.29. The first-order chi connectivity index (χ1) is 15.7. The number of hydrogen-bond acceptors (Lipinski definition) is 6. The van der Waals surface area contributed by atoms with Crippen LogP contribution < -0.4 is 10.6 Å². The van der Waals surface area contributed by atoms with Crippen LogP contribution in [-0.4, -0.2) is 40.2 Å². The number of fused-ring (bicyclic) bond motifs is 1. The number of aromatic nitrogens is 2. The van der Waals surface area contributed by atoms with E-state index in [0.717, 1.165) is 24.2 Å². The molecule has 0 atom stereocenters. The monoisotopic (exact) mass is 450 g/mol. The van der Waals surface area contributed by atoms with E-state index < -0.39 is 0 Å². The van der Waals surface area contributed by atoms with E-state index in [2.05, 4.69) is 41.5 Å². The molecule has 0 bridgehead atoms. The Morgan fingerprint density at radius 2 is 1.85 bits per heavy atom. The SMILES string of the molecule is CC(C)(C)Cc1noc2nc(C3CC3)cc(C(=O)NCCCNC(=O)c3cccc(O)c3)c12. The van der Waals surface area contributed by atoms with Gasteiger partial charge in [-0.3, -0.25) is 9.59 Å². The molecule has 0 aliphatic heterocycles. The number of carbonyl (C=O) groups is 2. The second-order valence-corrected chi connectivity index (χ2v) is 9.83. The number of pyridine rings is 1. The van der Waals surface area contributed by atoms with Gasteiger partial charge in [0.25, 0.3) is 17.5 Å². The molecule has 0 saturated heterocycles. The third-order valence-corrected chi connectivity index (χ3v) is 5.51. The van der Waals surface area contributed by atoms with Gasteiger partial charge in [-0.25, -0.2) is 4.98 Å². The van der Waals surface area contributed by atoms with Gasteiger partial charge in [-0.15, -0.1) is 0 Å². The number of hydrogen-bond donors (Lipinski definition) is 3. The number of phenolic OH excluding ortho intramolecular Hbond substituents is 1. The molecule has 8 nitrogen and oxygen atoms in total. The summed E-state index contributed by atoms with van der Waals surface area (Å²) in [5.41, 5.74) is 2.97. The molecule has 1 aromatic carbocycles. The van der Waals surface area contributed by atoms with Crippen molar-refractivity contribution in [1.29, 1.82) is 0 Å². The average molecular weight is 451 g/mol. The van der Waals surface area contributed by atoms with Gasteiger partial charge in [0.15, 0.2) is 0 Å². The lowest BCUT2D eigenvalue weighted by Gasteiger charge is -2.16. The average Bonchev–Trinajstić information content (AvgIpc) is 3.54. The largest absolute Gasteiger partial charge is 0.508 e. The lowest BCUT2D eigenvalue weighted by molar-refractivity contribution is 0.0952. The maximum atomic E-state index is 13.1. The standard InChI is InChI=1S/C25H30N4O4/c1-25(2,3)14-20-21-18(13-19(15-8-9-15)28-24(21)33-29-20)23(32)27-11-5-10-26-22(31)16-6-4-7-17(30)12-16/h4,6-7,12-13,15,30H,5,8-11,14H2,1-3H3,(H,26,31)(H,27,32). The summed E-state index contributed by atoms with van der Waals surface area (Å²) in [6.45, 7) is 7.15. The molecule has 1 saturated carbocycles. The molecule has 0 radical (unpaired) electrons. The Bertz CT molecular complexity index is 1170. The molecule has 2 amide bonds. The Labute approximate surface area is 192 Å². The molecular weight excluding hydrogens is 420 g/mol. The molecule has 2 heterocycles. The Morgan fingerprint density at radius 3 is 2.52 bits per heavy atom. The Balaban J connectivity index is 1.40. The van der Waals surface area contributed by atoms with Gasteiger partial charge in [0.05, 0.1) is 16.6 Å². The van der Waals surface area contributed by atoms with Crippen LogP contribution in [0.4, 0.5) is 0 Å². The van der Waals surface area contributed by atoms with E-state index in [-0.39, 0.29) is 23.0 Å². The first kappa shape index (κ1) is 22.8. The van der Waals surface area contributed by atoms with Crippen molar-refractivity contribution in [2.24, 2.45) is 5.41 Å². The van der Waals surface area contributed by atoms with Crippen LogP contribution in [0.2, 0.25) is 0 Å². The smallest absolute Gasteiger partial charge is 0.259 e. The van der Waals surface area contributed by atoms with Gasteiger partial charge < -0.3 is 20.3 Å². The first-order valence-corrected chi connectivity index (χ1v) is 11.4. The van der Waals surface area contributed by atoms with Crippen LogP contribution in [0.5, 0.6) is 5.75 Å². The summed E-state index contributed by atoms with van der Waals surface area (Å²) >= 11 is 0. The predicted octanol–water partition coefficient (Wildman–Crippen LogP) is 3.94. The Kier molecular flexibility index (Phi) is 6.35. The molecule has 2 aromatic heterocycles. The van der Waals surface area contributed by atoms with E-state index in [1.807, 2.05) is 6.07 Å². The summed E-state index contributed by atoms with van der Waals surface area (Å²) in [6, 6.07) is 8.06. The summed E-state index contributed by atoms with van der Waals surface area (Å²) in [5.74, 6) is -0.0335. The minimum absolute atomic E-state index is 0.0134. The molecule has 1 aliphatic rings. The van der Waals surface area contributed by atoms with Crippen LogP contribution >= 0.6 is 0 Å². The van der Waals surface area contributed by atoms with E-state index in [1.54, 1.807) is 12.1 Å². The quantitative estimate of drug-likeness (QED) is 0.448. The number of rotatable bonds is 8. The summed E-state index contributed by atoms with van der Waals surface area (Å²) in [5, 5.41) is 20.2. The van der Waals surface area contributed by atoms with Crippen LogP contribution in [0.3, 0.4) is 0 Å². The lowest BCUT2D eigenvalue weighted by Crippen LogP contribution is -2.30. The number of carbonyl (C=O) groups excluding carboxylic acids is 2. The Morgan fingerprint density at radius 1 is 1.12 bits per heavy atom. The molecule has 1 fully saturated rings. The zero-order valence-corrected chi connectivity index (χ0v) is 19.3. The van der Waals surface area contributed by atoms with Gasteiger partial charge in [-0.2, -0.15) is 0 Å². The number of amides is 2. The van der Waals surface area contributed by atoms with Gasteiger partial charge in [-0.05, 0) is 55.4 Å². The topological polar surface area (TPSA) is 117 Å². The summed E-state index contributed by atoms with van der Waals surface area (Å²) in [6.07, 6.45) is 3.38. The maximum absolute atomic E-state index is 13.1. The van der Waals surface area contributed by atoms with Crippen molar-refractivity contribution in [3.05, 3.63) is 52.8 Å². The molecular formula is C25H30N4O4. The highest BCUT2D eigenvalue weighted by molar-refractivity contribution is 6.06. The van der Waals surface area contributed by atoms with Crippen molar-refractivity contribution in [2.45, 2.75) is 52.4 Å². The van der Waals surface area contributed by atoms with E-state index in [9.17, 15) is 14.7 Å². The van der Waals surface area contributed by atoms with Gasteiger partial charge in [0, 0.05) is 30.3 Å². The number of nitrogens with one attached hydrogen (secondary N) is 2. The van der Waals surface area contributed by atoms with Crippen molar-refractivity contribution >= 4 is 22.9 Å². The molecule has 33 heavy (non-hydrogen) atoms. The number of aromatic hydroxyl groups is 1. The van der Waals surface area contributed by atoms with E-state index in [0.29, 0.717) is 54.1 Å². The van der Waals surface area contributed by atoms with E-state index in [4.69, 9.17) is 4.52 Å². The lowest BCUT2D eigenvalue weighted by atomic mass is 9.89. The second-order valence-electron chi connectivity index (χ2n) is 9.83. The highest BCUT2D eigenvalue weighted by Crippen LogP contribution is 2.40. The highest BCUT2D eigenvalue weighted by atomic mass is 16.5. The fraction of sp³-hybridized carbons (Fsp3) is 0.440. The van der Waals surface area contributed by atoms with Crippen molar-refractivity contribution in [1.82, 2.24) is 20.8 Å². The van der Waals surface area contributed by atoms with Crippen molar-refractivity contribution < 1.29 is 19.2 Å². The minimum atomic E-state index is -0.265. The Hall–Kier alpha value is -3.42. The maximum Gasteiger partial charge on any atom is 0.259 e. The van der Waals surface area contributed by atoms with Crippen LogP contribution in [0, 0.1) is 5.41 Å². The zero-order chi connectivity index (χ0) is 23.6. The summed E-state index contributed by atoms with van der Waals surface area (Å²) < 4.78 is 5.52. The van der Waals surface area contributed by atoms with Gasteiger partial charge in [-0.1, -0.05) is 32.0 Å². The molecule has 8 heteroatoms. The van der Waals surface area contributed by atoms with Crippen molar-refractivity contribution in [3.63, 3.8) is 0 Å². The molecule has 3 aromatic rings. The number of phenols is 1. The van der Waals surface area contributed by atoms with Gasteiger partial charge in [0.2, 0.25) is 0 Å². The van der Waals surface area contributed by atoms with Crippen LogP contribution in [-0.2, 0) is 6.42 Å². The molecule has 0 unspecified atom stereocenters. The number of benzene rings is 1. The predicted molar refractivity (Wildman–Crippen MR) is 124 cm³/mol. The summed E-state index contributed by atoms with van der Waals surface area (Å²) in [7, 11) is 0. The molecule has 174 valence electrons. The minimum Gasteiger partial charge on any atom is -0.508 e. The first-order valence-electron chi connectivity index (χ1n) is 11.4. The summed E-state index contributed by atoms with van der Waals surface area (Å²) in [4.78, 5) is 29.9. The second kappa shape index (κ2) is 9.21. The van der Waals surface area contributed by atoms with Crippen LogP contribution in [0.1, 0.15) is 78.1 Å². The van der Waals surface area contributed by atoms with Crippen LogP contribution in [0.25, 0.3) is 11.1 Å². The fourth-order valence-corrected chi connectivity index (χ4v) is 3.76. The van der Waals surface area contributed by atoms with Gasteiger partial charge >= 0.3 is 0 Å². The van der Waals surface area contributed by atoms with E-state index in [1.165, 1.54) is 12.1 Å².